The Hall–Kier alpha value is -1.19. The quantitative estimate of drug-likeness (QED) is 0.560. The molecule has 15 heavy (non-hydrogen) atoms. The molecule has 1 amide bonds. The Morgan fingerprint density at radius 1 is 1.27 bits per heavy atom. The molecule has 1 unspecified atom stereocenters. The first-order valence-corrected chi connectivity index (χ1v) is 5.68. The first-order valence-electron chi connectivity index (χ1n) is 5.68. The largest absolute Gasteiger partial charge is 0.329 e. The van der Waals surface area contributed by atoms with Crippen molar-refractivity contribution in [3.8, 4) is 0 Å². The topological polar surface area (TPSA) is 53.8 Å². The molecule has 4 nitrogen and oxygen atoms in total. The second kappa shape index (κ2) is 4.55. The van der Waals surface area contributed by atoms with Crippen LogP contribution in [0.15, 0.2) is 22.5 Å². The zero-order valence-electron chi connectivity index (χ0n) is 8.85. The molecular weight excluding hydrogens is 190 g/mol. The van der Waals surface area contributed by atoms with Crippen LogP contribution in [0.25, 0.3) is 0 Å². The third-order valence-electron chi connectivity index (χ3n) is 3.39. The molecule has 0 aromatic rings. The van der Waals surface area contributed by atoms with Gasteiger partial charge < -0.3 is 5.32 Å². The van der Waals surface area contributed by atoms with Crippen LogP contribution in [0, 0.1) is 5.92 Å². The van der Waals surface area contributed by atoms with Crippen LogP contribution in [0.3, 0.4) is 0 Å². The van der Waals surface area contributed by atoms with Crippen LogP contribution in [0.1, 0.15) is 38.5 Å². The molecule has 0 aromatic heterocycles. The highest BCUT2D eigenvalue weighted by Crippen LogP contribution is 2.35. The lowest BCUT2D eigenvalue weighted by molar-refractivity contribution is -0.111. The van der Waals surface area contributed by atoms with Gasteiger partial charge in [-0.3, -0.25) is 4.79 Å². The van der Waals surface area contributed by atoms with E-state index in [-0.39, 0.29) is 0 Å². The average molecular weight is 207 g/mol. The molecule has 1 atom stereocenters. The fraction of sp³-hybridized carbons (Fsp3) is 0.727. The van der Waals surface area contributed by atoms with E-state index in [2.05, 4.69) is 15.5 Å². The zero-order chi connectivity index (χ0) is 10.6. The summed E-state index contributed by atoms with van der Waals surface area (Å²) in [6.45, 7) is 0. The summed E-state index contributed by atoms with van der Waals surface area (Å²) in [5, 5.41) is 10.9. The third-order valence-corrected chi connectivity index (χ3v) is 3.39. The van der Waals surface area contributed by atoms with E-state index in [1.54, 1.807) is 6.20 Å². The van der Waals surface area contributed by atoms with Gasteiger partial charge in [0.2, 0.25) is 6.41 Å². The second-order valence-electron chi connectivity index (χ2n) is 4.31. The Morgan fingerprint density at radius 2 is 2.00 bits per heavy atom. The van der Waals surface area contributed by atoms with Gasteiger partial charge in [0.15, 0.2) is 5.66 Å². The lowest BCUT2D eigenvalue weighted by Gasteiger charge is -2.30. The van der Waals surface area contributed by atoms with Crippen molar-refractivity contribution in [3.05, 3.63) is 12.3 Å². The van der Waals surface area contributed by atoms with E-state index in [9.17, 15) is 4.79 Å². The maximum atomic E-state index is 10.6. The number of rotatable bonds is 3. The van der Waals surface area contributed by atoms with E-state index in [4.69, 9.17) is 0 Å². The van der Waals surface area contributed by atoms with Crippen molar-refractivity contribution in [1.82, 2.24) is 5.32 Å². The second-order valence-corrected chi connectivity index (χ2v) is 4.31. The van der Waals surface area contributed by atoms with Gasteiger partial charge in [0.1, 0.15) is 0 Å². The number of azo groups is 1. The van der Waals surface area contributed by atoms with Gasteiger partial charge in [-0.25, -0.2) is 0 Å². The van der Waals surface area contributed by atoms with Crippen LogP contribution in [0.5, 0.6) is 0 Å². The molecule has 0 bridgehead atoms. The van der Waals surface area contributed by atoms with Gasteiger partial charge in [0, 0.05) is 12.1 Å². The van der Waals surface area contributed by atoms with Gasteiger partial charge in [-0.1, -0.05) is 25.7 Å². The van der Waals surface area contributed by atoms with Crippen LogP contribution >= 0.6 is 0 Å². The molecule has 1 fully saturated rings. The highest BCUT2D eigenvalue weighted by atomic mass is 16.1. The summed E-state index contributed by atoms with van der Waals surface area (Å²) >= 11 is 0. The van der Waals surface area contributed by atoms with Gasteiger partial charge in [-0.15, -0.1) is 0 Å². The third kappa shape index (κ3) is 2.08. The zero-order valence-corrected chi connectivity index (χ0v) is 8.85. The monoisotopic (exact) mass is 207 g/mol. The molecule has 0 radical (unpaired) electrons. The Labute approximate surface area is 89.8 Å². The van der Waals surface area contributed by atoms with E-state index < -0.39 is 5.66 Å². The Balaban J connectivity index is 2.12. The minimum atomic E-state index is -0.536. The standard InChI is InChI=1S/C11H17N3O/c15-9-12-11(7-8-13-14-11)10-5-3-1-2-4-6-10/h7-10H,1-6H2,(H,12,15). The van der Waals surface area contributed by atoms with Gasteiger partial charge in [-0.2, -0.15) is 10.2 Å². The molecule has 1 aliphatic heterocycles. The number of carbonyl (C=O) groups excluding carboxylic acids is 1. The van der Waals surface area contributed by atoms with Crippen molar-refractivity contribution >= 4 is 6.41 Å². The van der Waals surface area contributed by atoms with Crippen LogP contribution in [0.4, 0.5) is 0 Å². The van der Waals surface area contributed by atoms with Gasteiger partial charge >= 0.3 is 0 Å². The van der Waals surface area contributed by atoms with Gasteiger partial charge in [-0.05, 0) is 18.9 Å². The molecule has 2 aliphatic rings. The minimum Gasteiger partial charge on any atom is -0.329 e. The first kappa shape index (κ1) is 10.3. The normalized spacial score (nSPS) is 31.5. The summed E-state index contributed by atoms with van der Waals surface area (Å²) in [7, 11) is 0. The van der Waals surface area contributed by atoms with E-state index in [1.165, 1.54) is 25.7 Å². The molecule has 1 heterocycles. The molecule has 4 heteroatoms. The molecule has 1 aliphatic carbocycles. The van der Waals surface area contributed by atoms with Crippen molar-refractivity contribution in [1.29, 1.82) is 0 Å². The number of hydrogen-bond donors (Lipinski definition) is 1. The molecular formula is C11H17N3O. The molecule has 0 aromatic carbocycles. The number of nitrogens with one attached hydrogen (secondary N) is 1. The molecule has 0 saturated heterocycles. The summed E-state index contributed by atoms with van der Waals surface area (Å²) in [4.78, 5) is 10.6. The number of amides is 1. The first-order chi connectivity index (χ1) is 7.37. The average Bonchev–Trinajstić information content (AvgIpc) is 2.54. The van der Waals surface area contributed by atoms with Crippen LogP contribution in [0.2, 0.25) is 0 Å². The molecule has 2 rings (SSSR count). The van der Waals surface area contributed by atoms with E-state index in [0.29, 0.717) is 5.92 Å². The van der Waals surface area contributed by atoms with Gasteiger partial charge in [0.05, 0.1) is 0 Å². The summed E-state index contributed by atoms with van der Waals surface area (Å²) in [5.41, 5.74) is -0.536. The Kier molecular flexibility index (Phi) is 3.14. The number of hydrogen-bond acceptors (Lipinski definition) is 3. The molecule has 82 valence electrons. The Morgan fingerprint density at radius 3 is 2.53 bits per heavy atom. The van der Waals surface area contributed by atoms with Crippen molar-refractivity contribution in [2.24, 2.45) is 16.1 Å². The number of carbonyl (C=O) groups is 1. The SMILES string of the molecule is O=CNC1(C2CCCCCC2)C=CN=N1. The smallest absolute Gasteiger partial charge is 0.209 e. The predicted octanol–water partition coefficient (Wildman–Crippen LogP) is 2.38. The summed E-state index contributed by atoms with van der Waals surface area (Å²) in [6, 6.07) is 0. The number of nitrogens with zero attached hydrogens (tertiary/aromatic N) is 2. The summed E-state index contributed by atoms with van der Waals surface area (Å²) in [5.74, 6) is 0.410. The van der Waals surface area contributed by atoms with E-state index in [0.717, 1.165) is 19.3 Å². The highest BCUT2D eigenvalue weighted by Gasteiger charge is 2.38. The molecule has 1 N–H and O–H groups in total. The maximum absolute atomic E-state index is 10.6. The van der Waals surface area contributed by atoms with Crippen molar-refractivity contribution in [3.63, 3.8) is 0 Å². The molecule has 1 saturated carbocycles. The van der Waals surface area contributed by atoms with Crippen molar-refractivity contribution < 1.29 is 4.79 Å². The van der Waals surface area contributed by atoms with Crippen LogP contribution in [-0.2, 0) is 4.79 Å². The highest BCUT2D eigenvalue weighted by molar-refractivity contribution is 5.49. The fourth-order valence-electron chi connectivity index (χ4n) is 2.54. The van der Waals surface area contributed by atoms with Crippen molar-refractivity contribution in [2.45, 2.75) is 44.2 Å². The lowest BCUT2D eigenvalue weighted by Crippen LogP contribution is -2.46. The lowest BCUT2D eigenvalue weighted by atomic mass is 9.86. The van der Waals surface area contributed by atoms with E-state index in [1.807, 2.05) is 6.08 Å². The van der Waals surface area contributed by atoms with Crippen molar-refractivity contribution in [2.75, 3.05) is 0 Å². The maximum Gasteiger partial charge on any atom is 0.209 e. The Bertz CT molecular complexity index is 266. The van der Waals surface area contributed by atoms with Crippen LogP contribution < -0.4 is 5.32 Å². The summed E-state index contributed by atoms with van der Waals surface area (Å²) < 4.78 is 0. The predicted molar refractivity (Wildman–Crippen MR) is 57.1 cm³/mol. The molecule has 0 spiro atoms. The summed E-state index contributed by atoms with van der Waals surface area (Å²) in [6.07, 6.45) is 11.7. The fourth-order valence-corrected chi connectivity index (χ4v) is 2.54. The van der Waals surface area contributed by atoms with Crippen LogP contribution in [-0.4, -0.2) is 12.1 Å². The minimum absolute atomic E-state index is 0.410. The van der Waals surface area contributed by atoms with E-state index >= 15 is 0 Å². The van der Waals surface area contributed by atoms with Gasteiger partial charge in [0.25, 0.3) is 0 Å².